The lowest BCUT2D eigenvalue weighted by molar-refractivity contribution is -0.114. The number of carbonyl (C=O) groups is 2. The average molecular weight is 227 g/mol. The second kappa shape index (κ2) is 4.61. The van der Waals surface area contributed by atoms with Crippen LogP contribution >= 0.6 is 0 Å². The SMILES string of the molecule is COc1cc(C(=O)O)c(NC(C)=O)cc1F. The van der Waals surface area contributed by atoms with Gasteiger partial charge in [-0.15, -0.1) is 0 Å². The van der Waals surface area contributed by atoms with Crippen molar-refractivity contribution in [3.05, 3.63) is 23.5 Å². The molecule has 1 rings (SSSR count). The molecule has 0 fully saturated rings. The zero-order chi connectivity index (χ0) is 12.3. The fraction of sp³-hybridized carbons (Fsp3) is 0.200. The number of ether oxygens (including phenoxy) is 1. The van der Waals surface area contributed by atoms with E-state index in [2.05, 4.69) is 10.1 Å². The van der Waals surface area contributed by atoms with Crippen molar-refractivity contribution >= 4 is 17.6 Å². The molecule has 0 aliphatic heterocycles. The van der Waals surface area contributed by atoms with Gasteiger partial charge in [-0.3, -0.25) is 4.79 Å². The quantitative estimate of drug-likeness (QED) is 0.820. The lowest BCUT2D eigenvalue weighted by Gasteiger charge is -2.09. The molecule has 6 heteroatoms. The molecule has 0 spiro atoms. The molecule has 1 aromatic rings. The molecule has 1 aromatic carbocycles. The van der Waals surface area contributed by atoms with Crippen molar-refractivity contribution in [2.24, 2.45) is 0 Å². The van der Waals surface area contributed by atoms with E-state index in [4.69, 9.17) is 5.11 Å². The molecule has 0 atom stereocenters. The molecule has 5 nitrogen and oxygen atoms in total. The van der Waals surface area contributed by atoms with Crippen molar-refractivity contribution in [1.82, 2.24) is 0 Å². The molecular formula is C10H10FNO4. The van der Waals surface area contributed by atoms with Crippen LogP contribution in [0.1, 0.15) is 17.3 Å². The van der Waals surface area contributed by atoms with Gasteiger partial charge in [0.05, 0.1) is 18.4 Å². The lowest BCUT2D eigenvalue weighted by atomic mass is 10.1. The van der Waals surface area contributed by atoms with Crippen molar-refractivity contribution in [1.29, 1.82) is 0 Å². The first-order chi connectivity index (χ1) is 7.45. The number of benzene rings is 1. The van der Waals surface area contributed by atoms with Crippen molar-refractivity contribution in [2.75, 3.05) is 12.4 Å². The summed E-state index contributed by atoms with van der Waals surface area (Å²) in [4.78, 5) is 21.6. The number of halogens is 1. The van der Waals surface area contributed by atoms with Crippen molar-refractivity contribution in [2.45, 2.75) is 6.92 Å². The Kier molecular flexibility index (Phi) is 3.44. The highest BCUT2D eigenvalue weighted by Crippen LogP contribution is 2.25. The summed E-state index contributed by atoms with van der Waals surface area (Å²) >= 11 is 0. The van der Waals surface area contributed by atoms with E-state index in [1.807, 2.05) is 0 Å². The molecular weight excluding hydrogens is 217 g/mol. The summed E-state index contributed by atoms with van der Waals surface area (Å²) in [5.74, 6) is -2.68. The molecule has 0 unspecified atom stereocenters. The Hall–Kier alpha value is -2.11. The lowest BCUT2D eigenvalue weighted by Crippen LogP contribution is -2.11. The summed E-state index contributed by atoms with van der Waals surface area (Å²) in [6.07, 6.45) is 0. The Balaban J connectivity index is 3.30. The molecule has 0 bridgehead atoms. The van der Waals surface area contributed by atoms with Crippen LogP contribution in [0, 0.1) is 5.82 Å². The van der Waals surface area contributed by atoms with E-state index in [9.17, 15) is 14.0 Å². The van der Waals surface area contributed by atoms with Crippen LogP contribution in [-0.4, -0.2) is 24.1 Å². The van der Waals surface area contributed by atoms with E-state index >= 15 is 0 Å². The van der Waals surface area contributed by atoms with Gasteiger partial charge in [0.25, 0.3) is 0 Å². The molecule has 0 aromatic heterocycles. The predicted octanol–water partition coefficient (Wildman–Crippen LogP) is 1.49. The van der Waals surface area contributed by atoms with Gasteiger partial charge in [0, 0.05) is 13.0 Å². The van der Waals surface area contributed by atoms with Gasteiger partial charge in [-0.05, 0) is 6.07 Å². The Labute approximate surface area is 90.8 Å². The highest BCUT2D eigenvalue weighted by molar-refractivity contribution is 6.00. The summed E-state index contributed by atoms with van der Waals surface area (Å²) in [5, 5.41) is 11.1. The van der Waals surface area contributed by atoms with Crippen molar-refractivity contribution in [3.63, 3.8) is 0 Å². The van der Waals surface area contributed by atoms with Gasteiger partial charge >= 0.3 is 5.97 Å². The number of methoxy groups -OCH3 is 1. The largest absolute Gasteiger partial charge is 0.494 e. The number of nitrogens with one attached hydrogen (secondary N) is 1. The molecule has 0 aliphatic carbocycles. The summed E-state index contributed by atoms with van der Waals surface area (Å²) in [7, 11) is 1.22. The molecule has 0 saturated carbocycles. The summed E-state index contributed by atoms with van der Waals surface area (Å²) in [5.41, 5.74) is -0.327. The van der Waals surface area contributed by atoms with Crippen LogP contribution in [-0.2, 0) is 4.79 Å². The third kappa shape index (κ3) is 2.47. The third-order valence-corrected chi connectivity index (χ3v) is 1.83. The molecule has 86 valence electrons. The number of carboxylic acids is 1. The first-order valence-corrected chi connectivity index (χ1v) is 4.34. The highest BCUT2D eigenvalue weighted by Gasteiger charge is 2.16. The number of rotatable bonds is 3. The Morgan fingerprint density at radius 3 is 2.50 bits per heavy atom. The van der Waals surface area contributed by atoms with Crippen molar-refractivity contribution < 1.29 is 23.8 Å². The number of amides is 1. The molecule has 0 saturated heterocycles. The molecule has 2 N–H and O–H groups in total. The van der Waals surface area contributed by atoms with E-state index in [-0.39, 0.29) is 17.0 Å². The number of hydrogen-bond acceptors (Lipinski definition) is 3. The minimum Gasteiger partial charge on any atom is -0.494 e. The maximum absolute atomic E-state index is 13.3. The van der Waals surface area contributed by atoms with Gasteiger partial charge in [0.15, 0.2) is 11.6 Å². The molecule has 0 radical (unpaired) electrons. The van der Waals surface area contributed by atoms with Gasteiger partial charge in [-0.25, -0.2) is 9.18 Å². The van der Waals surface area contributed by atoms with Gasteiger partial charge in [-0.1, -0.05) is 0 Å². The number of carboxylic acid groups (broad SMARTS) is 1. The monoisotopic (exact) mass is 227 g/mol. The van der Waals surface area contributed by atoms with Crippen LogP contribution in [0.5, 0.6) is 5.75 Å². The van der Waals surface area contributed by atoms with Crippen LogP contribution in [0.15, 0.2) is 12.1 Å². The second-order valence-corrected chi connectivity index (χ2v) is 3.02. The van der Waals surface area contributed by atoms with Crippen LogP contribution in [0.3, 0.4) is 0 Å². The van der Waals surface area contributed by atoms with E-state index < -0.39 is 17.7 Å². The third-order valence-electron chi connectivity index (χ3n) is 1.83. The topological polar surface area (TPSA) is 75.6 Å². The van der Waals surface area contributed by atoms with Gasteiger partial charge in [-0.2, -0.15) is 0 Å². The standard InChI is InChI=1S/C10H10FNO4/c1-5(13)12-8-4-7(11)9(16-2)3-6(8)10(14)15/h3-4H,1-2H3,(H,12,13)(H,14,15). The summed E-state index contributed by atoms with van der Waals surface area (Å²) in [6.45, 7) is 1.20. The zero-order valence-corrected chi connectivity index (χ0v) is 8.70. The maximum atomic E-state index is 13.3. The number of anilines is 1. The Morgan fingerprint density at radius 1 is 1.44 bits per heavy atom. The van der Waals surface area contributed by atoms with E-state index in [0.717, 1.165) is 12.1 Å². The minimum atomic E-state index is -1.28. The summed E-state index contributed by atoms with van der Waals surface area (Å²) in [6, 6.07) is 1.92. The second-order valence-electron chi connectivity index (χ2n) is 3.02. The molecule has 16 heavy (non-hydrogen) atoms. The summed E-state index contributed by atoms with van der Waals surface area (Å²) < 4.78 is 17.9. The van der Waals surface area contributed by atoms with Crippen molar-refractivity contribution in [3.8, 4) is 5.75 Å². The number of carbonyl (C=O) groups excluding carboxylic acids is 1. The average Bonchev–Trinajstić information content (AvgIpc) is 2.16. The Bertz CT molecular complexity index is 445. The fourth-order valence-electron chi connectivity index (χ4n) is 1.18. The molecule has 0 aliphatic rings. The number of aromatic carboxylic acids is 1. The van der Waals surface area contributed by atoms with Crippen LogP contribution in [0.4, 0.5) is 10.1 Å². The van der Waals surface area contributed by atoms with Gasteiger partial charge < -0.3 is 15.2 Å². The van der Waals surface area contributed by atoms with Crippen LogP contribution < -0.4 is 10.1 Å². The number of hydrogen-bond donors (Lipinski definition) is 2. The molecule has 0 heterocycles. The predicted molar refractivity (Wildman–Crippen MR) is 54.2 cm³/mol. The van der Waals surface area contributed by atoms with Crippen LogP contribution in [0.25, 0.3) is 0 Å². The first-order valence-electron chi connectivity index (χ1n) is 4.34. The van der Waals surface area contributed by atoms with E-state index in [1.54, 1.807) is 0 Å². The normalized spacial score (nSPS) is 9.69. The molecule has 1 amide bonds. The smallest absolute Gasteiger partial charge is 0.337 e. The van der Waals surface area contributed by atoms with E-state index in [1.165, 1.54) is 14.0 Å². The highest BCUT2D eigenvalue weighted by atomic mass is 19.1. The minimum absolute atomic E-state index is 0.0988. The van der Waals surface area contributed by atoms with E-state index in [0.29, 0.717) is 0 Å². The van der Waals surface area contributed by atoms with Gasteiger partial charge in [0.1, 0.15) is 0 Å². The van der Waals surface area contributed by atoms with Gasteiger partial charge in [0.2, 0.25) is 5.91 Å². The first kappa shape index (κ1) is 12.0. The van der Waals surface area contributed by atoms with Crippen LogP contribution in [0.2, 0.25) is 0 Å². The zero-order valence-electron chi connectivity index (χ0n) is 8.70. The maximum Gasteiger partial charge on any atom is 0.337 e. The fourth-order valence-corrected chi connectivity index (χ4v) is 1.18. The Morgan fingerprint density at radius 2 is 2.06 bits per heavy atom.